The summed E-state index contributed by atoms with van der Waals surface area (Å²) in [7, 11) is 0. The third-order valence-electron chi connectivity index (χ3n) is 6.14. The van der Waals surface area contributed by atoms with Gasteiger partial charge in [0, 0.05) is 46.6 Å². The van der Waals surface area contributed by atoms with Crippen molar-refractivity contribution in [3.05, 3.63) is 81.6 Å². The lowest BCUT2D eigenvalue weighted by Crippen LogP contribution is -2.36. The lowest BCUT2D eigenvalue weighted by Gasteiger charge is -2.29. The number of amides is 1. The van der Waals surface area contributed by atoms with E-state index in [1.54, 1.807) is 24.3 Å². The molecule has 0 aliphatic carbocycles. The van der Waals surface area contributed by atoms with Gasteiger partial charge in [0.2, 0.25) is 0 Å². The van der Waals surface area contributed by atoms with Crippen LogP contribution in [-0.4, -0.2) is 36.8 Å². The number of aryl methyl sites for hydroxylation is 1. The summed E-state index contributed by atoms with van der Waals surface area (Å²) in [4.78, 5) is 15.1. The van der Waals surface area contributed by atoms with E-state index in [4.69, 9.17) is 16.3 Å². The number of rotatable bonds is 5. The Labute approximate surface area is 205 Å². The van der Waals surface area contributed by atoms with Crippen LogP contribution in [0.5, 0.6) is 0 Å². The molecule has 7 heteroatoms. The number of benzene rings is 2. The first kappa shape index (κ1) is 23.6. The van der Waals surface area contributed by atoms with Crippen molar-refractivity contribution in [2.75, 3.05) is 36.5 Å². The van der Waals surface area contributed by atoms with Crippen LogP contribution in [0.25, 0.3) is 11.8 Å². The SMILES string of the molecule is Cc1c(Cl)cccc1NC(=O)/C(C#N)=C\c1cc(C)n(-c2ccc(N3CCOCC3)cc2)c1C. The van der Waals surface area contributed by atoms with Crippen LogP contribution >= 0.6 is 11.6 Å². The maximum Gasteiger partial charge on any atom is 0.266 e. The molecule has 1 fully saturated rings. The molecule has 34 heavy (non-hydrogen) atoms. The van der Waals surface area contributed by atoms with Crippen molar-refractivity contribution >= 4 is 35.0 Å². The minimum atomic E-state index is -0.465. The molecule has 6 nitrogen and oxygen atoms in total. The molecule has 1 aromatic heterocycles. The van der Waals surface area contributed by atoms with Gasteiger partial charge in [-0.25, -0.2) is 0 Å². The molecule has 1 aliphatic heterocycles. The first-order chi connectivity index (χ1) is 16.4. The van der Waals surface area contributed by atoms with Crippen LogP contribution < -0.4 is 10.2 Å². The van der Waals surface area contributed by atoms with E-state index in [1.807, 2.05) is 32.9 Å². The van der Waals surface area contributed by atoms with E-state index in [1.165, 1.54) is 5.69 Å². The van der Waals surface area contributed by atoms with Crippen molar-refractivity contribution in [1.29, 1.82) is 5.26 Å². The number of nitriles is 1. The number of carbonyl (C=O) groups is 1. The van der Waals surface area contributed by atoms with Crippen molar-refractivity contribution in [1.82, 2.24) is 4.57 Å². The third-order valence-corrected chi connectivity index (χ3v) is 6.54. The number of hydrogen-bond acceptors (Lipinski definition) is 4. The lowest BCUT2D eigenvalue weighted by molar-refractivity contribution is -0.112. The summed E-state index contributed by atoms with van der Waals surface area (Å²) in [6.45, 7) is 9.11. The van der Waals surface area contributed by atoms with Gasteiger partial charge in [-0.05, 0) is 80.4 Å². The first-order valence-electron chi connectivity index (χ1n) is 11.2. The van der Waals surface area contributed by atoms with E-state index in [-0.39, 0.29) is 5.57 Å². The maximum absolute atomic E-state index is 12.8. The third kappa shape index (κ3) is 4.86. The number of ether oxygens (including phenoxy) is 1. The number of halogens is 1. The number of aromatic nitrogens is 1. The average molecular weight is 475 g/mol. The Morgan fingerprint density at radius 1 is 1.09 bits per heavy atom. The van der Waals surface area contributed by atoms with Crippen LogP contribution in [0, 0.1) is 32.1 Å². The molecular formula is C27H27ClN4O2. The molecule has 1 amide bonds. The lowest BCUT2D eigenvalue weighted by atomic mass is 10.1. The minimum Gasteiger partial charge on any atom is -0.378 e. The highest BCUT2D eigenvalue weighted by Crippen LogP contribution is 2.26. The maximum atomic E-state index is 12.8. The Bertz CT molecular complexity index is 1280. The molecule has 3 aromatic rings. The average Bonchev–Trinajstić information content (AvgIpc) is 3.13. The Hall–Kier alpha value is -3.53. The molecule has 0 atom stereocenters. The second kappa shape index (κ2) is 10.2. The second-order valence-corrected chi connectivity index (χ2v) is 8.72. The molecule has 1 saturated heterocycles. The van der Waals surface area contributed by atoms with Gasteiger partial charge in [0.15, 0.2) is 0 Å². The highest BCUT2D eigenvalue weighted by Gasteiger charge is 2.16. The molecule has 0 spiro atoms. The number of anilines is 2. The smallest absolute Gasteiger partial charge is 0.266 e. The van der Waals surface area contributed by atoms with Crippen LogP contribution in [0.15, 0.2) is 54.1 Å². The van der Waals surface area contributed by atoms with Crippen molar-refractivity contribution in [2.45, 2.75) is 20.8 Å². The quantitative estimate of drug-likeness (QED) is 0.395. The molecule has 1 aliphatic rings. The van der Waals surface area contributed by atoms with Gasteiger partial charge in [-0.1, -0.05) is 17.7 Å². The van der Waals surface area contributed by atoms with Crippen LogP contribution in [-0.2, 0) is 9.53 Å². The van der Waals surface area contributed by atoms with Crippen molar-refractivity contribution in [3.63, 3.8) is 0 Å². The van der Waals surface area contributed by atoms with E-state index in [0.717, 1.165) is 54.5 Å². The molecular weight excluding hydrogens is 448 g/mol. The van der Waals surface area contributed by atoms with Gasteiger partial charge in [-0.3, -0.25) is 4.79 Å². The highest BCUT2D eigenvalue weighted by atomic mass is 35.5. The summed E-state index contributed by atoms with van der Waals surface area (Å²) in [5.74, 6) is -0.465. The van der Waals surface area contributed by atoms with Gasteiger partial charge in [0.25, 0.3) is 5.91 Å². The largest absolute Gasteiger partial charge is 0.378 e. The fourth-order valence-corrected chi connectivity index (χ4v) is 4.38. The van der Waals surface area contributed by atoms with Gasteiger partial charge in [-0.15, -0.1) is 0 Å². The molecule has 174 valence electrons. The number of morpholine rings is 1. The van der Waals surface area contributed by atoms with Gasteiger partial charge in [0.1, 0.15) is 11.6 Å². The summed E-state index contributed by atoms with van der Waals surface area (Å²) in [5, 5.41) is 13.0. The topological polar surface area (TPSA) is 70.3 Å². The van der Waals surface area contributed by atoms with Gasteiger partial charge in [0.05, 0.1) is 13.2 Å². The summed E-state index contributed by atoms with van der Waals surface area (Å²) < 4.78 is 7.57. The molecule has 4 rings (SSSR count). The van der Waals surface area contributed by atoms with Gasteiger partial charge >= 0.3 is 0 Å². The fourth-order valence-electron chi connectivity index (χ4n) is 4.20. The molecule has 0 saturated carbocycles. The Balaban J connectivity index is 1.59. The zero-order valence-electron chi connectivity index (χ0n) is 19.6. The molecule has 0 bridgehead atoms. The summed E-state index contributed by atoms with van der Waals surface area (Å²) >= 11 is 6.15. The Morgan fingerprint density at radius 3 is 2.44 bits per heavy atom. The Kier molecular flexibility index (Phi) is 7.06. The van der Waals surface area contributed by atoms with Crippen LogP contribution in [0.2, 0.25) is 5.02 Å². The molecule has 1 N–H and O–H groups in total. The minimum absolute atomic E-state index is 0.0299. The zero-order chi connectivity index (χ0) is 24.2. The van der Waals surface area contributed by atoms with E-state index in [2.05, 4.69) is 39.0 Å². The standard InChI is InChI=1S/C27H27ClN4O2/c1-18-15-21(16-22(17-29)27(33)30-26-6-4-5-25(28)19(26)2)20(3)32(18)24-9-7-23(8-10-24)31-11-13-34-14-12-31/h4-10,15-16H,11-14H2,1-3H3,(H,30,33)/b22-16-. The van der Waals surface area contributed by atoms with Gasteiger partial charge < -0.3 is 19.5 Å². The highest BCUT2D eigenvalue weighted by molar-refractivity contribution is 6.31. The number of nitrogens with one attached hydrogen (secondary N) is 1. The molecule has 2 heterocycles. The summed E-state index contributed by atoms with van der Waals surface area (Å²) in [6.07, 6.45) is 1.64. The van der Waals surface area contributed by atoms with Crippen molar-refractivity contribution in [3.8, 4) is 11.8 Å². The predicted octanol–water partition coefficient (Wildman–Crippen LogP) is 5.44. The van der Waals surface area contributed by atoms with Crippen LogP contribution in [0.3, 0.4) is 0 Å². The Morgan fingerprint density at radius 2 is 1.76 bits per heavy atom. The van der Waals surface area contributed by atoms with Crippen LogP contribution in [0.1, 0.15) is 22.5 Å². The number of hydrogen-bond donors (Lipinski definition) is 1. The van der Waals surface area contributed by atoms with E-state index in [0.29, 0.717) is 10.7 Å². The van der Waals surface area contributed by atoms with E-state index >= 15 is 0 Å². The van der Waals surface area contributed by atoms with Crippen molar-refractivity contribution in [2.24, 2.45) is 0 Å². The number of carbonyl (C=O) groups excluding carboxylic acids is 1. The normalized spacial score (nSPS) is 14.1. The molecule has 2 aromatic carbocycles. The zero-order valence-corrected chi connectivity index (χ0v) is 20.3. The number of nitrogens with zero attached hydrogens (tertiary/aromatic N) is 3. The fraction of sp³-hybridized carbons (Fsp3) is 0.259. The van der Waals surface area contributed by atoms with E-state index < -0.39 is 5.91 Å². The van der Waals surface area contributed by atoms with Crippen molar-refractivity contribution < 1.29 is 9.53 Å². The van der Waals surface area contributed by atoms with E-state index in [9.17, 15) is 10.1 Å². The summed E-state index contributed by atoms with van der Waals surface area (Å²) in [5.41, 5.74) is 6.38. The first-order valence-corrected chi connectivity index (χ1v) is 11.6. The second-order valence-electron chi connectivity index (χ2n) is 8.31. The predicted molar refractivity (Wildman–Crippen MR) is 137 cm³/mol. The molecule has 0 radical (unpaired) electrons. The monoisotopic (exact) mass is 474 g/mol. The van der Waals surface area contributed by atoms with Crippen LogP contribution in [0.4, 0.5) is 11.4 Å². The molecule has 0 unspecified atom stereocenters. The van der Waals surface area contributed by atoms with Gasteiger partial charge in [-0.2, -0.15) is 5.26 Å². The summed E-state index contributed by atoms with van der Waals surface area (Å²) in [6, 6.07) is 17.7.